The third-order valence-corrected chi connectivity index (χ3v) is 4.80. The van der Waals surface area contributed by atoms with Crippen molar-refractivity contribution >= 4 is 6.09 Å². The first-order valence-corrected chi connectivity index (χ1v) is 7.70. The van der Waals surface area contributed by atoms with Gasteiger partial charge in [0.2, 0.25) is 0 Å². The molecule has 0 bridgehead atoms. The summed E-state index contributed by atoms with van der Waals surface area (Å²) in [6, 6.07) is 0.845. The van der Waals surface area contributed by atoms with Crippen molar-refractivity contribution in [1.82, 2.24) is 15.1 Å². The van der Waals surface area contributed by atoms with Crippen LogP contribution in [0.1, 0.15) is 19.8 Å². The molecule has 0 radical (unpaired) electrons. The highest BCUT2D eigenvalue weighted by Crippen LogP contribution is 2.36. The summed E-state index contributed by atoms with van der Waals surface area (Å²) in [5.41, 5.74) is 0. The second-order valence-corrected chi connectivity index (χ2v) is 6.36. The molecule has 1 aliphatic carbocycles. The second kappa shape index (κ2) is 5.87. The van der Waals surface area contributed by atoms with Crippen LogP contribution in [0.2, 0.25) is 0 Å². The van der Waals surface area contributed by atoms with Crippen LogP contribution < -0.4 is 5.32 Å². The number of morpholine rings is 1. The summed E-state index contributed by atoms with van der Waals surface area (Å²) in [7, 11) is 0. The number of hydrogen-bond donors (Lipinski definition) is 2. The molecule has 6 nitrogen and oxygen atoms in total. The predicted molar refractivity (Wildman–Crippen MR) is 74.9 cm³/mol. The number of piperazine rings is 1. The zero-order valence-electron chi connectivity index (χ0n) is 12.1. The molecule has 0 aromatic carbocycles. The number of ether oxygens (including phenoxy) is 1. The molecule has 3 rings (SSSR count). The van der Waals surface area contributed by atoms with Crippen LogP contribution in [-0.2, 0) is 4.74 Å². The summed E-state index contributed by atoms with van der Waals surface area (Å²) >= 11 is 0. The van der Waals surface area contributed by atoms with Gasteiger partial charge in [-0.15, -0.1) is 0 Å². The summed E-state index contributed by atoms with van der Waals surface area (Å²) in [6.45, 7) is 6.84. The maximum atomic E-state index is 11.2. The minimum atomic E-state index is -0.801. The minimum Gasteiger partial charge on any atom is -0.465 e. The van der Waals surface area contributed by atoms with Gasteiger partial charge in [-0.3, -0.25) is 4.90 Å². The van der Waals surface area contributed by atoms with E-state index in [9.17, 15) is 9.90 Å². The Morgan fingerprint density at radius 3 is 2.95 bits per heavy atom. The van der Waals surface area contributed by atoms with E-state index in [1.165, 1.54) is 12.8 Å². The lowest BCUT2D eigenvalue weighted by molar-refractivity contribution is -0.0235. The Balaban J connectivity index is 1.57. The van der Waals surface area contributed by atoms with E-state index in [0.29, 0.717) is 12.6 Å². The third kappa shape index (κ3) is 3.07. The number of carboxylic acid groups (broad SMARTS) is 1. The van der Waals surface area contributed by atoms with Crippen LogP contribution >= 0.6 is 0 Å². The van der Waals surface area contributed by atoms with Crippen molar-refractivity contribution in [2.24, 2.45) is 5.92 Å². The summed E-state index contributed by atoms with van der Waals surface area (Å²) in [5, 5.41) is 12.7. The van der Waals surface area contributed by atoms with Gasteiger partial charge < -0.3 is 20.1 Å². The van der Waals surface area contributed by atoms with Crippen LogP contribution in [-0.4, -0.2) is 78.5 Å². The summed E-state index contributed by atoms with van der Waals surface area (Å²) in [6.07, 6.45) is 1.84. The van der Waals surface area contributed by atoms with E-state index in [1.807, 2.05) is 6.92 Å². The largest absolute Gasteiger partial charge is 0.465 e. The molecule has 0 aromatic rings. The molecule has 2 aliphatic heterocycles. The van der Waals surface area contributed by atoms with Crippen LogP contribution in [0.4, 0.5) is 4.79 Å². The van der Waals surface area contributed by atoms with Gasteiger partial charge in [0.25, 0.3) is 0 Å². The molecule has 2 N–H and O–H groups in total. The van der Waals surface area contributed by atoms with E-state index in [-0.39, 0.29) is 12.1 Å². The Labute approximate surface area is 120 Å². The van der Waals surface area contributed by atoms with Gasteiger partial charge in [0.1, 0.15) is 0 Å². The molecule has 3 atom stereocenters. The summed E-state index contributed by atoms with van der Waals surface area (Å²) in [5.74, 6) is 0.799. The van der Waals surface area contributed by atoms with Gasteiger partial charge in [0, 0.05) is 44.3 Å². The lowest BCUT2D eigenvalue weighted by Crippen LogP contribution is -2.61. The van der Waals surface area contributed by atoms with E-state index in [2.05, 4.69) is 10.2 Å². The molecule has 0 aromatic heterocycles. The fourth-order valence-electron chi connectivity index (χ4n) is 3.40. The predicted octanol–water partition coefficient (Wildman–Crippen LogP) is 0.438. The van der Waals surface area contributed by atoms with Gasteiger partial charge in [0.15, 0.2) is 0 Å². The normalized spacial score (nSPS) is 36.0. The molecular weight excluding hydrogens is 258 g/mol. The van der Waals surface area contributed by atoms with Crippen molar-refractivity contribution in [3.05, 3.63) is 0 Å². The number of amides is 1. The minimum absolute atomic E-state index is 0.0627. The van der Waals surface area contributed by atoms with Crippen molar-refractivity contribution in [3.8, 4) is 0 Å². The van der Waals surface area contributed by atoms with Gasteiger partial charge in [-0.2, -0.15) is 0 Å². The molecule has 1 saturated carbocycles. The number of nitrogens with one attached hydrogen (secondary N) is 1. The molecule has 2 saturated heterocycles. The first-order chi connectivity index (χ1) is 9.65. The first-order valence-electron chi connectivity index (χ1n) is 7.70. The van der Waals surface area contributed by atoms with Crippen molar-refractivity contribution in [2.45, 2.75) is 37.9 Å². The zero-order chi connectivity index (χ0) is 14.1. The van der Waals surface area contributed by atoms with Gasteiger partial charge in [-0.05, 0) is 25.7 Å². The maximum absolute atomic E-state index is 11.2. The molecule has 3 aliphatic rings. The fraction of sp³-hybridized carbons (Fsp3) is 0.929. The molecule has 6 heteroatoms. The fourth-order valence-corrected chi connectivity index (χ4v) is 3.40. The van der Waals surface area contributed by atoms with Crippen LogP contribution in [0.15, 0.2) is 0 Å². The lowest BCUT2D eigenvalue weighted by atomic mass is 10.1. The van der Waals surface area contributed by atoms with E-state index in [4.69, 9.17) is 4.74 Å². The molecule has 1 amide bonds. The quantitative estimate of drug-likeness (QED) is 0.787. The van der Waals surface area contributed by atoms with Crippen LogP contribution in [0.3, 0.4) is 0 Å². The van der Waals surface area contributed by atoms with Gasteiger partial charge in [-0.1, -0.05) is 0 Å². The Kier molecular flexibility index (Phi) is 4.14. The molecule has 114 valence electrons. The van der Waals surface area contributed by atoms with Crippen LogP contribution in [0.25, 0.3) is 0 Å². The molecule has 3 unspecified atom stereocenters. The average Bonchev–Trinajstić information content (AvgIpc) is 3.26. The van der Waals surface area contributed by atoms with Gasteiger partial charge >= 0.3 is 6.09 Å². The molecular formula is C14H25N3O3. The third-order valence-electron chi connectivity index (χ3n) is 4.80. The maximum Gasteiger partial charge on any atom is 0.407 e. The molecule has 20 heavy (non-hydrogen) atoms. The van der Waals surface area contributed by atoms with Crippen molar-refractivity contribution in [1.29, 1.82) is 0 Å². The average molecular weight is 283 g/mol. The van der Waals surface area contributed by atoms with Crippen LogP contribution in [0, 0.1) is 5.92 Å². The monoisotopic (exact) mass is 283 g/mol. The van der Waals surface area contributed by atoms with E-state index < -0.39 is 6.09 Å². The molecule has 0 spiro atoms. The second-order valence-electron chi connectivity index (χ2n) is 6.36. The summed E-state index contributed by atoms with van der Waals surface area (Å²) in [4.78, 5) is 15.3. The van der Waals surface area contributed by atoms with Crippen molar-refractivity contribution < 1.29 is 14.6 Å². The highest BCUT2D eigenvalue weighted by atomic mass is 16.5. The zero-order valence-corrected chi connectivity index (χ0v) is 12.1. The smallest absolute Gasteiger partial charge is 0.407 e. The first kappa shape index (κ1) is 14.1. The van der Waals surface area contributed by atoms with Crippen molar-refractivity contribution in [3.63, 3.8) is 0 Å². The Bertz CT molecular complexity index is 362. The lowest BCUT2D eigenvalue weighted by Gasteiger charge is -2.42. The molecule has 2 heterocycles. The number of carbonyl (C=O) groups is 1. The standard InChI is InChI=1S/C14H25N3O3/c1-10-6-15-12(8-17(10)14(18)19)7-16-4-5-20-9-13(16)11-2-3-11/h10-13,15H,2-9H2,1H3,(H,18,19). The topological polar surface area (TPSA) is 65.0 Å². The van der Waals surface area contributed by atoms with E-state index in [0.717, 1.165) is 38.8 Å². The van der Waals surface area contributed by atoms with Crippen LogP contribution in [0.5, 0.6) is 0 Å². The van der Waals surface area contributed by atoms with Gasteiger partial charge in [-0.25, -0.2) is 4.79 Å². The van der Waals surface area contributed by atoms with Crippen molar-refractivity contribution in [2.75, 3.05) is 39.4 Å². The highest BCUT2D eigenvalue weighted by molar-refractivity contribution is 5.65. The number of rotatable bonds is 3. The highest BCUT2D eigenvalue weighted by Gasteiger charge is 2.38. The number of hydrogen-bond acceptors (Lipinski definition) is 4. The SMILES string of the molecule is CC1CNC(CN2CCOCC2C2CC2)CN1C(=O)O. The summed E-state index contributed by atoms with van der Waals surface area (Å²) < 4.78 is 5.61. The Hall–Kier alpha value is -0.850. The van der Waals surface area contributed by atoms with E-state index in [1.54, 1.807) is 4.90 Å². The Morgan fingerprint density at radius 1 is 1.45 bits per heavy atom. The van der Waals surface area contributed by atoms with E-state index >= 15 is 0 Å². The number of nitrogens with zero attached hydrogens (tertiary/aromatic N) is 2. The van der Waals surface area contributed by atoms with Gasteiger partial charge in [0.05, 0.1) is 13.2 Å². The molecule has 3 fully saturated rings. The Morgan fingerprint density at radius 2 is 2.25 bits per heavy atom.